The van der Waals surface area contributed by atoms with Crippen LogP contribution in [-0.4, -0.2) is 49.3 Å². The second-order valence-corrected chi connectivity index (χ2v) is 4.64. The third-order valence-corrected chi connectivity index (χ3v) is 3.74. The van der Waals surface area contributed by atoms with Gasteiger partial charge in [0.15, 0.2) is 0 Å². The minimum Gasteiger partial charge on any atom is -0.481 e. The summed E-state index contributed by atoms with van der Waals surface area (Å²) in [5, 5.41) is 2.28. The summed E-state index contributed by atoms with van der Waals surface area (Å²) in [6, 6.07) is 5.27. The molecule has 5 heteroatoms. The van der Waals surface area contributed by atoms with E-state index in [4.69, 9.17) is 4.74 Å². The van der Waals surface area contributed by atoms with Crippen LogP contribution in [-0.2, 0) is 0 Å². The van der Waals surface area contributed by atoms with Crippen LogP contribution in [0.5, 0.6) is 5.88 Å². The highest BCUT2D eigenvalue weighted by atomic mass is 16.5. The number of ether oxygens (including phenoxy) is 1. The Morgan fingerprint density at radius 3 is 2.65 bits per heavy atom. The molecule has 0 aliphatic carbocycles. The van der Waals surface area contributed by atoms with Crippen LogP contribution in [0.15, 0.2) is 18.3 Å². The van der Waals surface area contributed by atoms with Gasteiger partial charge in [-0.3, -0.25) is 5.43 Å². The van der Waals surface area contributed by atoms with Crippen molar-refractivity contribution in [2.75, 3.05) is 32.1 Å². The van der Waals surface area contributed by atoms with E-state index in [-0.39, 0.29) is 0 Å². The molecule has 5 nitrogen and oxygen atoms in total. The lowest BCUT2D eigenvalue weighted by Gasteiger charge is -2.57. The van der Waals surface area contributed by atoms with Crippen LogP contribution in [0, 0.1) is 0 Å². The van der Waals surface area contributed by atoms with Crippen LogP contribution in [0.3, 0.4) is 0 Å². The monoisotopic (exact) mass is 234 g/mol. The first-order valence-electron chi connectivity index (χ1n) is 6.02. The van der Waals surface area contributed by atoms with Crippen molar-refractivity contribution in [2.24, 2.45) is 0 Å². The van der Waals surface area contributed by atoms with Gasteiger partial charge in [0.05, 0.1) is 19.0 Å². The summed E-state index contributed by atoms with van der Waals surface area (Å²) < 4.78 is 5.08. The molecule has 2 atom stereocenters. The number of hydrazine groups is 1. The molecular formula is C12H18N4O. The van der Waals surface area contributed by atoms with E-state index in [1.54, 1.807) is 7.11 Å². The number of hydrogen-bond acceptors (Lipinski definition) is 5. The van der Waals surface area contributed by atoms with Crippen molar-refractivity contribution in [2.45, 2.75) is 18.5 Å². The average Bonchev–Trinajstić information content (AvgIpc) is 2.39. The van der Waals surface area contributed by atoms with E-state index >= 15 is 0 Å². The van der Waals surface area contributed by atoms with Gasteiger partial charge in [0.25, 0.3) is 0 Å². The fourth-order valence-electron chi connectivity index (χ4n) is 2.86. The molecule has 2 unspecified atom stereocenters. The van der Waals surface area contributed by atoms with Crippen molar-refractivity contribution in [3.8, 4) is 5.88 Å². The van der Waals surface area contributed by atoms with E-state index in [2.05, 4.69) is 26.4 Å². The molecule has 2 bridgehead atoms. The number of methoxy groups -OCH3 is 1. The number of anilines is 1. The molecule has 3 fully saturated rings. The Labute approximate surface area is 101 Å². The first kappa shape index (κ1) is 10.8. The van der Waals surface area contributed by atoms with Crippen molar-refractivity contribution in [3.63, 3.8) is 0 Å². The predicted octanol–water partition coefficient (Wildman–Crippen LogP) is 0.487. The minimum absolute atomic E-state index is 0.622. The highest BCUT2D eigenvalue weighted by Crippen LogP contribution is 2.36. The molecule has 3 aliphatic rings. The number of nitrogens with zero attached hydrogens (tertiary/aromatic N) is 3. The van der Waals surface area contributed by atoms with Gasteiger partial charge in [-0.05, 0) is 19.5 Å². The maximum Gasteiger partial charge on any atom is 0.213 e. The molecule has 1 N–H and O–H groups in total. The SMILES string of the molecule is CNN1CC2CC(C1)N2c1ccc(OC)nc1. The Bertz CT molecular complexity index is 382. The summed E-state index contributed by atoms with van der Waals surface area (Å²) in [5.41, 5.74) is 4.44. The quantitative estimate of drug-likeness (QED) is 0.824. The van der Waals surface area contributed by atoms with Crippen LogP contribution >= 0.6 is 0 Å². The van der Waals surface area contributed by atoms with E-state index in [1.807, 2.05) is 19.3 Å². The normalized spacial score (nSPS) is 27.8. The number of aromatic nitrogens is 1. The molecule has 0 radical (unpaired) electrons. The van der Waals surface area contributed by atoms with E-state index in [0.29, 0.717) is 18.0 Å². The Morgan fingerprint density at radius 2 is 2.12 bits per heavy atom. The van der Waals surface area contributed by atoms with Crippen molar-refractivity contribution < 1.29 is 4.74 Å². The first-order valence-corrected chi connectivity index (χ1v) is 6.02. The summed E-state index contributed by atoms with van der Waals surface area (Å²) in [6.07, 6.45) is 3.21. The molecule has 0 aromatic carbocycles. The zero-order chi connectivity index (χ0) is 11.8. The fraction of sp³-hybridized carbons (Fsp3) is 0.583. The van der Waals surface area contributed by atoms with Gasteiger partial charge in [-0.15, -0.1) is 0 Å². The van der Waals surface area contributed by atoms with Crippen LogP contribution in [0.4, 0.5) is 5.69 Å². The lowest BCUT2D eigenvalue weighted by molar-refractivity contribution is 0.0782. The highest BCUT2D eigenvalue weighted by molar-refractivity contribution is 5.51. The maximum atomic E-state index is 5.08. The summed E-state index contributed by atoms with van der Waals surface area (Å²) in [6.45, 7) is 2.16. The van der Waals surface area contributed by atoms with Gasteiger partial charge in [0, 0.05) is 31.2 Å². The topological polar surface area (TPSA) is 40.6 Å². The largest absolute Gasteiger partial charge is 0.481 e. The Hall–Kier alpha value is -1.33. The lowest BCUT2D eigenvalue weighted by atomic mass is 9.87. The van der Waals surface area contributed by atoms with E-state index < -0.39 is 0 Å². The zero-order valence-corrected chi connectivity index (χ0v) is 10.3. The Balaban J connectivity index is 1.74. The lowest BCUT2D eigenvalue weighted by Crippen LogP contribution is -2.70. The van der Waals surface area contributed by atoms with Crippen molar-refractivity contribution in [1.82, 2.24) is 15.4 Å². The Kier molecular flexibility index (Phi) is 2.64. The number of nitrogens with one attached hydrogen (secondary N) is 1. The molecule has 0 saturated carbocycles. The third-order valence-electron chi connectivity index (χ3n) is 3.74. The highest BCUT2D eigenvalue weighted by Gasteiger charge is 2.44. The predicted molar refractivity (Wildman–Crippen MR) is 66.1 cm³/mol. The summed E-state index contributed by atoms with van der Waals surface area (Å²) in [4.78, 5) is 6.75. The molecular weight excluding hydrogens is 216 g/mol. The minimum atomic E-state index is 0.622. The summed E-state index contributed by atoms with van der Waals surface area (Å²) in [5.74, 6) is 0.677. The van der Waals surface area contributed by atoms with Gasteiger partial charge < -0.3 is 9.64 Å². The van der Waals surface area contributed by atoms with Crippen LogP contribution in [0.1, 0.15) is 6.42 Å². The fourth-order valence-corrected chi connectivity index (χ4v) is 2.86. The molecule has 1 aromatic rings. The van der Waals surface area contributed by atoms with Gasteiger partial charge in [0.2, 0.25) is 5.88 Å². The number of rotatable bonds is 3. The molecule has 3 aliphatic heterocycles. The zero-order valence-electron chi connectivity index (χ0n) is 10.3. The van der Waals surface area contributed by atoms with Gasteiger partial charge in [-0.1, -0.05) is 0 Å². The van der Waals surface area contributed by atoms with E-state index in [0.717, 1.165) is 13.1 Å². The molecule has 4 rings (SSSR count). The molecule has 0 spiro atoms. The summed E-state index contributed by atoms with van der Waals surface area (Å²) >= 11 is 0. The smallest absolute Gasteiger partial charge is 0.213 e. The van der Waals surface area contributed by atoms with Crippen LogP contribution in [0.2, 0.25) is 0 Å². The van der Waals surface area contributed by atoms with Gasteiger partial charge in [-0.25, -0.2) is 9.99 Å². The number of hydrogen-bond donors (Lipinski definition) is 1. The van der Waals surface area contributed by atoms with Crippen LogP contribution < -0.4 is 15.1 Å². The molecule has 3 saturated heterocycles. The van der Waals surface area contributed by atoms with Crippen molar-refractivity contribution in [3.05, 3.63) is 18.3 Å². The molecule has 4 heterocycles. The van der Waals surface area contributed by atoms with Gasteiger partial charge in [0.1, 0.15) is 0 Å². The number of pyridine rings is 1. The van der Waals surface area contributed by atoms with Crippen molar-refractivity contribution in [1.29, 1.82) is 0 Å². The first-order chi connectivity index (χ1) is 8.31. The van der Waals surface area contributed by atoms with Gasteiger partial charge in [-0.2, -0.15) is 0 Å². The third kappa shape index (κ3) is 1.75. The van der Waals surface area contributed by atoms with E-state index in [9.17, 15) is 0 Å². The summed E-state index contributed by atoms with van der Waals surface area (Å²) in [7, 11) is 3.63. The molecule has 17 heavy (non-hydrogen) atoms. The van der Waals surface area contributed by atoms with Gasteiger partial charge >= 0.3 is 0 Å². The number of piperidine rings is 1. The number of piperazine rings is 1. The Morgan fingerprint density at radius 1 is 1.35 bits per heavy atom. The second kappa shape index (κ2) is 4.16. The number of fused-ring (bicyclic) bond motifs is 2. The molecule has 0 amide bonds. The average molecular weight is 234 g/mol. The van der Waals surface area contributed by atoms with E-state index in [1.165, 1.54) is 12.1 Å². The van der Waals surface area contributed by atoms with Crippen LogP contribution in [0.25, 0.3) is 0 Å². The maximum absolute atomic E-state index is 5.08. The molecule has 1 aromatic heterocycles. The van der Waals surface area contributed by atoms with Crippen molar-refractivity contribution >= 4 is 5.69 Å². The molecule has 92 valence electrons. The second-order valence-electron chi connectivity index (χ2n) is 4.64. The standard InChI is InChI=1S/C12H18N4O/c1-13-15-7-10-5-11(8-15)16(10)9-3-4-12(17-2)14-6-9/h3-4,6,10-11,13H,5,7-8H2,1-2H3.